The number of piperidine rings is 1. The van der Waals surface area contributed by atoms with Crippen LogP contribution in [0, 0.1) is 0 Å². The minimum Gasteiger partial charge on any atom is -0.443 e. The fourth-order valence-electron chi connectivity index (χ4n) is 3.48. The molecular weight excluding hydrogens is 340 g/mol. The van der Waals surface area contributed by atoms with Gasteiger partial charge in [-0.3, -0.25) is 9.78 Å². The van der Waals surface area contributed by atoms with Crippen LogP contribution in [0.15, 0.2) is 48.8 Å². The molecule has 5 nitrogen and oxygen atoms in total. The number of aromatic nitrogens is 1. The summed E-state index contributed by atoms with van der Waals surface area (Å²) in [5.41, 5.74) is 2.66. The summed E-state index contributed by atoms with van der Waals surface area (Å²) < 4.78 is 5.38. The Labute approximate surface area is 160 Å². The predicted octanol–water partition coefficient (Wildman–Crippen LogP) is 4.78. The zero-order valence-electron chi connectivity index (χ0n) is 16.3. The van der Waals surface area contributed by atoms with Gasteiger partial charge in [-0.1, -0.05) is 30.3 Å². The minimum absolute atomic E-state index is 0.106. The van der Waals surface area contributed by atoms with Crippen LogP contribution in [0.3, 0.4) is 0 Å². The van der Waals surface area contributed by atoms with Crippen LogP contribution in [0.5, 0.6) is 0 Å². The third kappa shape index (κ3) is 4.54. The van der Waals surface area contributed by atoms with Crippen molar-refractivity contribution >= 4 is 12.0 Å². The first-order chi connectivity index (χ1) is 12.7. The summed E-state index contributed by atoms with van der Waals surface area (Å²) in [6.45, 7) is 7.31. The van der Waals surface area contributed by atoms with Gasteiger partial charge in [0.1, 0.15) is 5.60 Å². The second-order valence-electron chi connectivity index (χ2n) is 8.09. The normalized spacial score (nSPS) is 20.4. The van der Waals surface area contributed by atoms with Gasteiger partial charge in [-0.2, -0.15) is 0 Å². The molecule has 0 aliphatic carbocycles. The standard InChI is InChI=1S/C22H26N2O3/c1-15-12-19(13-20(25)24(15)21(26)27-22(2,3)4)17-9-7-16(8-10-17)18-6-5-11-23-14-18/h5-11,14-15,19H,12-13H2,1-4H3/t15-,19+/m0/s1. The summed E-state index contributed by atoms with van der Waals surface area (Å²) in [4.78, 5) is 30.4. The highest BCUT2D eigenvalue weighted by molar-refractivity contribution is 5.93. The largest absolute Gasteiger partial charge is 0.443 e. The Balaban J connectivity index is 1.71. The van der Waals surface area contributed by atoms with Gasteiger partial charge in [-0.15, -0.1) is 0 Å². The topological polar surface area (TPSA) is 59.5 Å². The lowest BCUT2D eigenvalue weighted by Crippen LogP contribution is -2.49. The molecule has 1 aromatic heterocycles. The van der Waals surface area contributed by atoms with Gasteiger partial charge in [-0.05, 0) is 62.8 Å². The van der Waals surface area contributed by atoms with Gasteiger partial charge in [0, 0.05) is 24.9 Å². The van der Waals surface area contributed by atoms with E-state index in [0.29, 0.717) is 6.42 Å². The molecular formula is C22H26N2O3. The molecule has 0 radical (unpaired) electrons. The number of benzene rings is 1. The Morgan fingerprint density at radius 2 is 1.85 bits per heavy atom. The molecule has 2 aromatic rings. The summed E-state index contributed by atoms with van der Waals surface area (Å²) in [7, 11) is 0. The average Bonchev–Trinajstić information content (AvgIpc) is 2.60. The lowest BCUT2D eigenvalue weighted by molar-refractivity contribution is -0.135. The third-order valence-electron chi connectivity index (χ3n) is 4.72. The molecule has 1 aliphatic rings. The van der Waals surface area contributed by atoms with Crippen molar-refractivity contribution in [2.75, 3.05) is 0 Å². The van der Waals surface area contributed by atoms with Crippen LogP contribution in [0.4, 0.5) is 4.79 Å². The van der Waals surface area contributed by atoms with Gasteiger partial charge in [0.2, 0.25) is 5.91 Å². The van der Waals surface area contributed by atoms with E-state index in [2.05, 4.69) is 29.2 Å². The van der Waals surface area contributed by atoms with Crippen LogP contribution in [-0.4, -0.2) is 33.5 Å². The Morgan fingerprint density at radius 1 is 1.15 bits per heavy atom. The molecule has 0 bridgehead atoms. The Kier molecular flexibility index (Phi) is 5.31. The number of carbonyl (C=O) groups is 2. The minimum atomic E-state index is -0.615. The zero-order chi connectivity index (χ0) is 19.6. The number of rotatable bonds is 2. The molecule has 2 atom stereocenters. The summed E-state index contributed by atoms with van der Waals surface area (Å²) in [5.74, 6) is -0.0709. The number of imide groups is 1. The number of carbonyl (C=O) groups excluding carboxylic acids is 2. The zero-order valence-corrected chi connectivity index (χ0v) is 16.3. The summed E-state index contributed by atoms with van der Waals surface area (Å²) in [5, 5.41) is 0. The monoisotopic (exact) mass is 366 g/mol. The van der Waals surface area contributed by atoms with Crippen LogP contribution >= 0.6 is 0 Å². The van der Waals surface area contributed by atoms with E-state index < -0.39 is 11.7 Å². The van der Waals surface area contributed by atoms with Gasteiger partial charge in [0.15, 0.2) is 0 Å². The quantitative estimate of drug-likeness (QED) is 0.767. The number of likely N-dealkylation sites (tertiary alicyclic amines) is 1. The van der Waals surface area contributed by atoms with Crippen LogP contribution in [0.1, 0.15) is 52.0 Å². The maximum absolute atomic E-state index is 12.6. The first-order valence-corrected chi connectivity index (χ1v) is 9.30. The number of nitrogens with zero attached hydrogens (tertiary/aromatic N) is 2. The van der Waals surface area contributed by atoms with Crippen molar-refractivity contribution < 1.29 is 14.3 Å². The van der Waals surface area contributed by atoms with Crippen molar-refractivity contribution in [3.05, 3.63) is 54.4 Å². The smallest absolute Gasteiger partial charge is 0.417 e. The van der Waals surface area contributed by atoms with Gasteiger partial charge in [0.05, 0.1) is 0 Å². The highest BCUT2D eigenvalue weighted by Crippen LogP contribution is 2.34. The molecule has 5 heteroatoms. The van der Waals surface area contributed by atoms with Crippen molar-refractivity contribution in [2.24, 2.45) is 0 Å². The van der Waals surface area contributed by atoms with Crippen LogP contribution in [0.25, 0.3) is 11.1 Å². The SMILES string of the molecule is C[C@H]1C[C@@H](c2ccc(-c3cccnc3)cc2)CC(=O)N1C(=O)OC(C)(C)C. The number of hydrogen-bond donors (Lipinski definition) is 0. The molecule has 0 saturated carbocycles. The average molecular weight is 366 g/mol. The van der Waals surface area contributed by atoms with E-state index in [1.165, 1.54) is 4.90 Å². The van der Waals surface area contributed by atoms with Crippen LogP contribution in [-0.2, 0) is 9.53 Å². The predicted molar refractivity (Wildman–Crippen MR) is 104 cm³/mol. The van der Waals surface area contributed by atoms with Gasteiger partial charge in [0.25, 0.3) is 0 Å². The van der Waals surface area contributed by atoms with Crippen molar-refractivity contribution in [1.29, 1.82) is 0 Å². The van der Waals surface area contributed by atoms with Crippen molar-refractivity contribution in [1.82, 2.24) is 9.88 Å². The van der Waals surface area contributed by atoms with Crippen LogP contribution in [0.2, 0.25) is 0 Å². The fraction of sp³-hybridized carbons (Fsp3) is 0.409. The second kappa shape index (κ2) is 7.51. The number of hydrogen-bond acceptors (Lipinski definition) is 4. The maximum atomic E-state index is 12.6. The van der Waals surface area contributed by atoms with Gasteiger partial charge in [-0.25, -0.2) is 9.69 Å². The first-order valence-electron chi connectivity index (χ1n) is 9.30. The van der Waals surface area contributed by atoms with E-state index in [1.54, 1.807) is 27.0 Å². The molecule has 1 fully saturated rings. The molecule has 2 amide bonds. The lowest BCUT2D eigenvalue weighted by Gasteiger charge is -2.36. The summed E-state index contributed by atoms with van der Waals surface area (Å²) in [6.07, 6.45) is 4.08. The van der Waals surface area contributed by atoms with Gasteiger partial charge >= 0.3 is 6.09 Å². The van der Waals surface area contributed by atoms with E-state index in [1.807, 2.05) is 25.3 Å². The van der Waals surface area contributed by atoms with E-state index in [4.69, 9.17) is 4.74 Å². The fourth-order valence-corrected chi connectivity index (χ4v) is 3.48. The van der Waals surface area contributed by atoms with E-state index in [-0.39, 0.29) is 17.9 Å². The molecule has 0 spiro atoms. The Bertz CT molecular complexity index is 810. The van der Waals surface area contributed by atoms with Crippen molar-refractivity contribution in [3.63, 3.8) is 0 Å². The van der Waals surface area contributed by atoms with E-state index >= 15 is 0 Å². The number of amides is 2. The summed E-state index contributed by atoms with van der Waals surface area (Å²) in [6, 6.07) is 12.0. The third-order valence-corrected chi connectivity index (χ3v) is 4.72. The molecule has 2 heterocycles. The van der Waals surface area contributed by atoms with Gasteiger partial charge < -0.3 is 4.74 Å². The maximum Gasteiger partial charge on any atom is 0.417 e. The van der Waals surface area contributed by atoms with Crippen molar-refractivity contribution in [3.8, 4) is 11.1 Å². The van der Waals surface area contributed by atoms with E-state index in [9.17, 15) is 9.59 Å². The molecule has 1 aromatic carbocycles. The molecule has 0 unspecified atom stereocenters. The Hall–Kier alpha value is -2.69. The molecule has 0 N–H and O–H groups in total. The Morgan fingerprint density at radius 3 is 2.41 bits per heavy atom. The number of ether oxygens (including phenoxy) is 1. The highest BCUT2D eigenvalue weighted by atomic mass is 16.6. The van der Waals surface area contributed by atoms with E-state index in [0.717, 1.165) is 23.1 Å². The highest BCUT2D eigenvalue weighted by Gasteiger charge is 2.38. The lowest BCUT2D eigenvalue weighted by atomic mass is 9.85. The second-order valence-corrected chi connectivity index (χ2v) is 8.09. The van der Waals surface area contributed by atoms with Crippen LogP contribution < -0.4 is 0 Å². The van der Waals surface area contributed by atoms with Crippen molar-refractivity contribution in [2.45, 2.75) is 58.1 Å². The molecule has 142 valence electrons. The molecule has 3 rings (SSSR count). The number of pyridine rings is 1. The molecule has 27 heavy (non-hydrogen) atoms. The molecule has 1 aliphatic heterocycles. The summed E-state index contributed by atoms with van der Waals surface area (Å²) >= 11 is 0. The first kappa shape index (κ1) is 19.1. The molecule has 1 saturated heterocycles.